The third kappa shape index (κ3) is 2.45. The molecular weight excluding hydrogens is 220 g/mol. The molecule has 1 saturated heterocycles. The summed E-state index contributed by atoms with van der Waals surface area (Å²) in [5.41, 5.74) is 4.39. The first-order chi connectivity index (χ1) is 8.75. The lowest BCUT2D eigenvalue weighted by molar-refractivity contribution is 0.156. The van der Waals surface area contributed by atoms with E-state index in [-0.39, 0.29) is 0 Å². The molecule has 1 atom stereocenters. The zero-order valence-corrected chi connectivity index (χ0v) is 11.6. The number of aryl methyl sites for hydroxylation is 2. The van der Waals surface area contributed by atoms with E-state index >= 15 is 0 Å². The first kappa shape index (κ1) is 12.2. The van der Waals surface area contributed by atoms with Crippen molar-refractivity contribution in [2.24, 2.45) is 5.92 Å². The molecule has 98 valence electrons. The van der Waals surface area contributed by atoms with E-state index < -0.39 is 0 Å². The van der Waals surface area contributed by atoms with E-state index in [1.807, 2.05) is 0 Å². The maximum Gasteiger partial charge on any atom is 0.0377 e. The van der Waals surface area contributed by atoms with Gasteiger partial charge in [-0.05, 0) is 49.3 Å². The minimum atomic E-state index is 0.673. The van der Waals surface area contributed by atoms with Gasteiger partial charge < -0.3 is 5.32 Å². The summed E-state index contributed by atoms with van der Waals surface area (Å²) in [5.74, 6) is 0.908. The Balaban J connectivity index is 1.85. The van der Waals surface area contributed by atoms with Gasteiger partial charge in [0.15, 0.2) is 0 Å². The largest absolute Gasteiger partial charge is 0.314 e. The van der Waals surface area contributed by atoms with E-state index in [1.54, 1.807) is 5.56 Å². The Kier molecular flexibility index (Phi) is 3.40. The molecular formula is C16H24N2. The molecule has 1 aliphatic carbocycles. The summed E-state index contributed by atoms with van der Waals surface area (Å²) in [6.45, 7) is 9.14. The predicted octanol–water partition coefficient (Wildman–Crippen LogP) is 2.66. The van der Waals surface area contributed by atoms with Crippen molar-refractivity contribution in [1.82, 2.24) is 10.2 Å². The van der Waals surface area contributed by atoms with Crippen LogP contribution in [0, 0.1) is 19.8 Å². The molecule has 18 heavy (non-hydrogen) atoms. The molecule has 2 aliphatic rings. The molecule has 2 heteroatoms. The van der Waals surface area contributed by atoms with Crippen LogP contribution in [-0.2, 0) is 0 Å². The van der Waals surface area contributed by atoms with Gasteiger partial charge in [-0.25, -0.2) is 0 Å². The van der Waals surface area contributed by atoms with Gasteiger partial charge in [0.2, 0.25) is 0 Å². The minimum absolute atomic E-state index is 0.673. The highest BCUT2D eigenvalue weighted by Crippen LogP contribution is 2.44. The third-order valence-corrected chi connectivity index (χ3v) is 4.49. The van der Waals surface area contributed by atoms with Crippen molar-refractivity contribution in [3.63, 3.8) is 0 Å². The number of nitrogens with one attached hydrogen (secondary N) is 1. The fourth-order valence-corrected chi connectivity index (χ4v) is 3.10. The zero-order valence-electron chi connectivity index (χ0n) is 11.6. The zero-order chi connectivity index (χ0) is 12.5. The molecule has 0 spiro atoms. The molecule has 1 aliphatic heterocycles. The van der Waals surface area contributed by atoms with Crippen LogP contribution in [0.3, 0.4) is 0 Å². The van der Waals surface area contributed by atoms with E-state index in [1.165, 1.54) is 37.1 Å². The van der Waals surface area contributed by atoms with Gasteiger partial charge in [-0.3, -0.25) is 4.90 Å². The van der Waals surface area contributed by atoms with Crippen LogP contribution >= 0.6 is 0 Å². The molecule has 0 radical (unpaired) electrons. The van der Waals surface area contributed by atoms with Crippen molar-refractivity contribution in [1.29, 1.82) is 0 Å². The molecule has 1 aromatic rings. The van der Waals surface area contributed by atoms with Crippen LogP contribution in [0.1, 0.15) is 35.6 Å². The van der Waals surface area contributed by atoms with Crippen molar-refractivity contribution in [2.45, 2.75) is 32.7 Å². The standard InChI is InChI=1S/C16H24N2/c1-12-3-4-15(11-13(12)2)16(14-5-6-14)18-9-7-17-8-10-18/h3-4,11,14,16-17H,5-10H2,1-2H3/t16-/m1/s1. The van der Waals surface area contributed by atoms with E-state index in [9.17, 15) is 0 Å². The third-order valence-electron chi connectivity index (χ3n) is 4.49. The summed E-state index contributed by atoms with van der Waals surface area (Å²) < 4.78 is 0. The molecule has 1 heterocycles. The summed E-state index contributed by atoms with van der Waals surface area (Å²) in [6.07, 6.45) is 2.84. The number of hydrogen-bond donors (Lipinski definition) is 1. The van der Waals surface area contributed by atoms with Crippen molar-refractivity contribution in [3.8, 4) is 0 Å². The van der Waals surface area contributed by atoms with Crippen molar-refractivity contribution in [2.75, 3.05) is 26.2 Å². The Morgan fingerprint density at radius 1 is 1.11 bits per heavy atom. The SMILES string of the molecule is Cc1ccc([C@@H](C2CC2)N2CCNCC2)cc1C. The van der Waals surface area contributed by atoms with Gasteiger partial charge >= 0.3 is 0 Å². The summed E-state index contributed by atoms with van der Waals surface area (Å²) >= 11 is 0. The average molecular weight is 244 g/mol. The molecule has 2 fully saturated rings. The van der Waals surface area contributed by atoms with Crippen LogP contribution in [0.2, 0.25) is 0 Å². The van der Waals surface area contributed by atoms with Gasteiger partial charge in [0.05, 0.1) is 0 Å². The lowest BCUT2D eigenvalue weighted by Gasteiger charge is -2.35. The molecule has 0 aromatic heterocycles. The highest BCUT2D eigenvalue weighted by atomic mass is 15.2. The second kappa shape index (κ2) is 5.02. The Hall–Kier alpha value is -0.860. The molecule has 0 amide bonds. The van der Waals surface area contributed by atoms with Crippen molar-refractivity contribution in [3.05, 3.63) is 34.9 Å². The molecule has 1 aromatic carbocycles. The van der Waals surface area contributed by atoms with Gasteiger partial charge in [-0.2, -0.15) is 0 Å². The van der Waals surface area contributed by atoms with Crippen molar-refractivity contribution >= 4 is 0 Å². The van der Waals surface area contributed by atoms with Crippen LogP contribution in [0.15, 0.2) is 18.2 Å². The lowest BCUT2D eigenvalue weighted by Crippen LogP contribution is -2.45. The van der Waals surface area contributed by atoms with E-state index in [2.05, 4.69) is 42.3 Å². The normalized spacial score (nSPS) is 23.0. The predicted molar refractivity (Wildman–Crippen MR) is 75.8 cm³/mol. The topological polar surface area (TPSA) is 15.3 Å². The molecule has 0 bridgehead atoms. The van der Waals surface area contributed by atoms with Crippen molar-refractivity contribution < 1.29 is 0 Å². The molecule has 1 saturated carbocycles. The quantitative estimate of drug-likeness (QED) is 0.879. The highest BCUT2D eigenvalue weighted by molar-refractivity contribution is 5.32. The number of nitrogens with zero attached hydrogens (tertiary/aromatic N) is 1. The fourth-order valence-electron chi connectivity index (χ4n) is 3.10. The number of rotatable bonds is 3. The molecule has 3 rings (SSSR count). The van der Waals surface area contributed by atoms with Gasteiger partial charge in [0.1, 0.15) is 0 Å². The lowest BCUT2D eigenvalue weighted by atomic mass is 9.96. The van der Waals surface area contributed by atoms with Gasteiger partial charge in [-0.1, -0.05) is 18.2 Å². The Morgan fingerprint density at radius 3 is 2.44 bits per heavy atom. The van der Waals surface area contributed by atoms with Gasteiger partial charge in [0.25, 0.3) is 0 Å². The van der Waals surface area contributed by atoms with E-state index in [0.717, 1.165) is 19.0 Å². The Bertz CT molecular complexity index is 417. The van der Waals surface area contributed by atoms with Crippen LogP contribution in [0.5, 0.6) is 0 Å². The summed E-state index contributed by atoms with van der Waals surface area (Å²) in [4.78, 5) is 2.69. The van der Waals surface area contributed by atoms with Gasteiger partial charge in [-0.15, -0.1) is 0 Å². The van der Waals surface area contributed by atoms with Crippen LogP contribution in [-0.4, -0.2) is 31.1 Å². The summed E-state index contributed by atoms with van der Waals surface area (Å²) in [6, 6.07) is 7.74. The number of piperazine rings is 1. The summed E-state index contributed by atoms with van der Waals surface area (Å²) in [7, 11) is 0. The summed E-state index contributed by atoms with van der Waals surface area (Å²) in [5, 5.41) is 3.46. The second-order valence-corrected chi connectivity index (χ2v) is 5.91. The second-order valence-electron chi connectivity index (χ2n) is 5.91. The Morgan fingerprint density at radius 2 is 1.83 bits per heavy atom. The fraction of sp³-hybridized carbons (Fsp3) is 0.625. The maximum absolute atomic E-state index is 3.46. The monoisotopic (exact) mass is 244 g/mol. The van der Waals surface area contributed by atoms with E-state index in [4.69, 9.17) is 0 Å². The average Bonchev–Trinajstić information content (AvgIpc) is 3.20. The molecule has 2 nitrogen and oxygen atoms in total. The van der Waals surface area contributed by atoms with Crippen LogP contribution in [0.25, 0.3) is 0 Å². The number of hydrogen-bond acceptors (Lipinski definition) is 2. The smallest absolute Gasteiger partial charge is 0.0377 e. The minimum Gasteiger partial charge on any atom is -0.314 e. The maximum atomic E-state index is 3.46. The highest BCUT2D eigenvalue weighted by Gasteiger charge is 2.36. The first-order valence-electron chi connectivity index (χ1n) is 7.27. The Labute approximate surface area is 110 Å². The van der Waals surface area contributed by atoms with Crippen LogP contribution < -0.4 is 5.32 Å². The molecule has 0 unspecified atom stereocenters. The van der Waals surface area contributed by atoms with Crippen LogP contribution in [0.4, 0.5) is 0 Å². The van der Waals surface area contributed by atoms with E-state index in [0.29, 0.717) is 6.04 Å². The number of benzene rings is 1. The molecule has 1 N–H and O–H groups in total. The van der Waals surface area contributed by atoms with Gasteiger partial charge in [0, 0.05) is 32.2 Å². The first-order valence-corrected chi connectivity index (χ1v) is 7.27.